The normalized spacial score (nSPS) is 15.6. The Morgan fingerprint density at radius 1 is 1.53 bits per heavy atom. The molecule has 1 fully saturated rings. The fourth-order valence-corrected chi connectivity index (χ4v) is 1.86. The van der Waals surface area contributed by atoms with Gasteiger partial charge in [0, 0.05) is 24.8 Å². The molecule has 0 aliphatic carbocycles. The summed E-state index contributed by atoms with van der Waals surface area (Å²) in [7, 11) is 0. The first-order chi connectivity index (χ1) is 8.20. The second-order valence-corrected chi connectivity index (χ2v) is 3.93. The number of piperazine rings is 1. The van der Waals surface area contributed by atoms with Crippen LogP contribution in [0.2, 0.25) is 0 Å². The fourth-order valence-electron chi connectivity index (χ4n) is 1.86. The zero-order chi connectivity index (χ0) is 12.3. The number of nitrogens with two attached hydrogens (primary N) is 1. The Kier molecular flexibility index (Phi) is 3.37. The van der Waals surface area contributed by atoms with Gasteiger partial charge in [0.25, 0.3) is 0 Å². The van der Waals surface area contributed by atoms with E-state index in [0.29, 0.717) is 31.1 Å². The largest absolute Gasteiger partial charge is 0.492 e. The van der Waals surface area contributed by atoms with Crippen molar-refractivity contribution in [3.8, 4) is 5.75 Å². The maximum atomic E-state index is 11.3. The number of nitrogen functional groups attached to an aromatic ring is 1. The van der Waals surface area contributed by atoms with Crippen LogP contribution >= 0.6 is 0 Å². The summed E-state index contributed by atoms with van der Waals surface area (Å²) < 4.78 is 5.44. The third-order valence-corrected chi connectivity index (χ3v) is 2.70. The van der Waals surface area contributed by atoms with Gasteiger partial charge < -0.3 is 20.7 Å². The van der Waals surface area contributed by atoms with Crippen molar-refractivity contribution in [1.82, 2.24) is 5.32 Å². The van der Waals surface area contributed by atoms with Crippen molar-refractivity contribution in [3.05, 3.63) is 18.2 Å². The summed E-state index contributed by atoms with van der Waals surface area (Å²) in [4.78, 5) is 13.3. The third kappa shape index (κ3) is 2.61. The highest BCUT2D eigenvalue weighted by molar-refractivity contribution is 5.83. The van der Waals surface area contributed by atoms with E-state index in [2.05, 4.69) is 5.32 Å². The van der Waals surface area contributed by atoms with Crippen molar-refractivity contribution in [2.45, 2.75) is 6.92 Å². The van der Waals surface area contributed by atoms with E-state index in [1.165, 1.54) is 0 Å². The quantitative estimate of drug-likeness (QED) is 0.753. The lowest BCUT2D eigenvalue weighted by Crippen LogP contribution is -2.47. The fraction of sp³-hybridized carbons (Fsp3) is 0.417. The highest BCUT2D eigenvalue weighted by Crippen LogP contribution is 2.27. The Morgan fingerprint density at radius 2 is 2.35 bits per heavy atom. The number of ether oxygens (including phenoxy) is 1. The molecular formula is C12H17N3O2. The van der Waals surface area contributed by atoms with Crippen LogP contribution < -0.4 is 20.7 Å². The number of rotatable bonds is 3. The summed E-state index contributed by atoms with van der Waals surface area (Å²) in [5.74, 6) is 0.724. The molecule has 17 heavy (non-hydrogen) atoms. The second kappa shape index (κ2) is 4.95. The van der Waals surface area contributed by atoms with Crippen LogP contribution in [0.4, 0.5) is 11.4 Å². The zero-order valence-corrected chi connectivity index (χ0v) is 9.90. The molecule has 5 heteroatoms. The molecule has 2 rings (SSSR count). The van der Waals surface area contributed by atoms with Gasteiger partial charge in [-0.3, -0.25) is 4.79 Å². The minimum atomic E-state index is 0.0473. The van der Waals surface area contributed by atoms with Gasteiger partial charge in [0.1, 0.15) is 5.75 Å². The summed E-state index contributed by atoms with van der Waals surface area (Å²) in [6, 6.07) is 5.61. The maximum Gasteiger partial charge on any atom is 0.239 e. The first-order valence-electron chi connectivity index (χ1n) is 5.74. The van der Waals surface area contributed by atoms with Crippen LogP contribution in [0.15, 0.2) is 18.2 Å². The molecule has 1 amide bonds. The van der Waals surface area contributed by atoms with Crippen LogP contribution in [0.1, 0.15) is 6.92 Å². The Balaban J connectivity index is 2.20. The third-order valence-electron chi connectivity index (χ3n) is 2.70. The minimum absolute atomic E-state index is 0.0473. The lowest BCUT2D eigenvalue weighted by atomic mass is 10.2. The molecule has 1 aromatic carbocycles. The molecule has 0 radical (unpaired) electrons. The number of benzene rings is 1. The average Bonchev–Trinajstić information content (AvgIpc) is 2.32. The van der Waals surface area contributed by atoms with Gasteiger partial charge in [0.05, 0.1) is 18.8 Å². The molecule has 1 heterocycles. The van der Waals surface area contributed by atoms with Crippen LogP contribution in [-0.4, -0.2) is 32.1 Å². The van der Waals surface area contributed by atoms with Gasteiger partial charge in [-0.15, -0.1) is 0 Å². The smallest absolute Gasteiger partial charge is 0.239 e. The van der Waals surface area contributed by atoms with Crippen molar-refractivity contribution in [2.24, 2.45) is 0 Å². The average molecular weight is 235 g/mol. The standard InChI is InChI=1S/C12H17N3O2/c1-2-17-11-7-9(3-4-10(11)13)15-6-5-14-12(16)8-15/h3-4,7H,2,5-6,8,13H2,1H3,(H,14,16). The predicted octanol–water partition coefficient (Wildman–Crippen LogP) is 0.604. The molecule has 0 saturated carbocycles. The highest BCUT2D eigenvalue weighted by atomic mass is 16.5. The Morgan fingerprint density at radius 3 is 3.06 bits per heavy atom. The molecule has 0 unspecified atom stereocenters. The van der Waals surface area contributed by atoms with Crippen molar-refractivity contribution >= 4 is 17.3 Å². The SMILES string of the molecule is CCOc1cc(N2CCNC(=O)C2)ccc1N. The molecule has 0 atom stereocenters. The van der Waals surface area contributed by atoms with Crippen LogP contribution in [0.5, 0.6) is 5.75 Å². The Hall–Kier alpha value is -1.91. The summed E-state index contributed by atoms with van der Waals surface area (Å²) in [5.41, 5.74) is 7.40. The molecule has 3 N–H and O–H groups in total. The molecule has 0 bridgehead atoms. The van der Waals surface area contributed by atoms with Gasteiger partial charge in [-0.1, -0.05) is 0 Å². The van der Waals surface area contributed by atoms with Crippen molar-refractivity contribution < 1.29 is 9.53 Å². The molecular weight excluding hydrogens is 218 g/mol. The molecule has 1 aromatic rings. The summed E-state index contributed by atoms with van der Waals surface area (Å²) >= 11 is 0. The maximum absolute atomic E-state index is 11.3. The number of anilines is 2. The molecule has 1 saturated heterocycles. The van der Waals surface area contributed by atoms with Crippen molar-refractivity contribution in [3.63, 3.8) is 0 Å². The number of carbonyl (C=O) groups excluding carboxylic acids is 1. The van der Waals surface area contributed by atoms with E-state index in [-0.39, 0.29) is 5.91 Å². The van der Waals surface area contributed by atoms with E-state index in [4.69, 9.17) is 10.5 Å². The Labute approximate surface area is 101 Å². The summed E-state index contributed by atoms with van der Waals surface area (Å²) in [6.07, 6.45) is 0. The van der Waals surface area contributed by atoms with Gasteiger partial charge in [-0.05, 0) is 19.1 Å². The van der Waals surface area contributed by atoms with Gasteiger partial charge in [0.2, 0.25) is 5.91 Å². The topological polar surface area (TPSA) is 67.6 Å². The number of nitrogens with one attached hydrogen (secondary N) is 1. The molecule has 1 aliphatic heterocycles. The van der Waals surface area contributed by atoms with E-state index in [9.17, 15) is 4.79 Å². The summed E-state index contributed by atoms with van der Waals surface area (Å²) in [5, 5.41) is 2.80. The van der Waals surface area contributed by atoms with E-state index >= 15 is 0 Å². The minimum Gasteiger partial charge on any atom is -0.492 e. The van der Waals surface area contributed by atoms with Crippen LogP contribution in [0.3, 0.4) is 0 Å². The van der Waals surface area contributed by atoms with Gasteiger partial charge in [-0.2, -0.15) is 0 Å². The lowest BCUT2D eigenvalue weighted by molar-refractivity contribution is -0.120. The number of amides is 1. The predicted molar refractivity (Wildman–Crippen MR) is 67.2 cm³/mol. The number of hydrogen-bond donors (Lipinski definition) is 2. The van der Waals surface area contributed by atoms with Gasteiger partial charge in [0.15, 0.2) is 0 Å². The van der Waals surface area contributed by atoms with Gasteiger partial charge in [-0.25, -0.2) is 0 Å². The summed E-state index contributed by atoms with van der Waals surface area (Å²) in [6.45, 7) is 4.36. The molecule has 5 nitrogen and oxygen atoms in total. The number of nitrogens with zero attached hydrogens (tertiary/aromatic N) is 1. The van der Waals surface area contributed by atoms with E-state index in [0.717, 1.165) is 12.2 Å². The highest BCUT2D eigenvalue weighted by Gasteiger charge is 2.17. The second-order valence-electron chi connectivity index (χ2n) is 3.93. The zero-order valence-electron chi connectivity index (χ0n) is 9.90. The van der Waals surface area contributed by atoms with Crippen molar-refractivity contribution in [2.75, 3.05) is 36.9 Å². The number of carbonyl (C=O) groups is 1. The van der Waals surface area contributed by atoms with E-state index in [1.54, 1.807) is 0 Å². The van der Waals surface area contributed by atoms with Gasteiger partial charge >= 0.3 is 0 Å². The lowest BCUT2D eigenvalue weighted by Gasteiger charge is -2.29. The first-order valence-corrected chi connectivity index (χ1v) is 5.74. The molecule has 92 valence electrons. The Bertz CT molecular complexity index is 420. The van der Waals surface area contributed by atoms with Crippen LogP contribution in [0.25, 0.3) is 0 Å². The van der Waals surface area contributed by atoms with Crippen LogP contribution in [-0.2, 0) is 4.79 Å². The molecule has 0 aromatic heterocycles. The first kappa shape index (κ1) is 11.6. The molecule has 1 aliphatic rings. The van der Waals surface area contributed by atoms with E-state index in [1.807, 2.05) is 30.0 Å². The van der Waals surface area contributed by atoms with E-state index < -0.39 is 0 Å². The molecule has 0 spiro atoms. The number of hydrogen-bond acceptors (Lipinski definition) is 4. The van der Waals surface area contributed by atoms with Crippen LogP contribution in [0, 0.1) is 0 Å². The monoisotopic (exact) mass is 235 g/mol. The van der Waals surface area contributed by atoms with Crippen molar-refractivity contribution in [1.29, 1.82) is 0 Å².